The lowest BCUT2D eigenvalue weighted by Crippen LogP contribution is -2.58. The van der Waals surface area contributed by atoms with Gasteiger partial charge in [0.05, 0.1) is 84.1 Å². The van der Waals surface area contributed by atoms with E-state index in [-0.39, 0.29) is 61.8 Å². The molecule has 2 saturated heterocycles. The monoisotopic (exact) mass is 1130 g/mol. The Morgan fingerprint density at radius 1 is 0.921 bits per heavy atom. The number of nitrogens with zero attached hydrogens (tertiary/aromatic N) is 5. The van der Waals surface area contributed by atoms with Crippen molar-refractivity contribution < 1.29 is 38.5 Å². The first-order valence-corrected chi connectivity index (χ1v) is 28.6. The lowest BCUT2D eigenvalue weighted by atomic mass is 9.74. The van der Waals surface area contributed by atoms with Gasteiger partial charge in [-0.05, 0) is 80.2 Å². The number of hydrogen-bond acceptors (Lipinski definition) is 16. The molecule has 416 valence electrons. The third-order valence-corrected chi connectivity index (χ3v) is 16.9. The number of thiazole rings is 1. The molecule has 2 aromatic carbocycles. The summed E-state index contributed by atoms with van der Waals surface area (Å²) >= 11 is 15.4. The van der Waals surface area contributed by atoms with Crippen molar-refractivity contribution >= 4 is 81.6 Å². The molecule has 0 radical (unpaired) electrons. The average Bonchev–Trinajstić information content (AvgIpc) is 4.02. The number of likely N-dealkylation sites (tertiary alicyclic amines) is 1. The number of unbranched alkanes of at least 4 members (excludes halogenated alkanes) is 2. The normalized spacial score (nSPS) is 17.3. The maximum atomic E-state index is 14.0. The van der Waals surface area contributed by atoms with Crippen molar-refractivity contribution in [3.8, 4) is 10.4 Å². The molecular weight excluding hydrogens is 1050 g/mol. The van der Waals surface area contributed by atoms with Gasteiger partial charge < -0.3 is 56.5 Å². The highest BCUT2D eigenvalue weighted by Crippen LogP contribution is 2.40. The van der Waals surface area contributed by atoms with Crippen molar-refractivity contribution in [2.45, 2.75) is 127 Å². The molecule has 76 heavy (non-hydrogen) atoms. The van der Waals surface area contributed by atoms with E-state index in [9.17, 15) is 24.3 Å². The van der Waals surface area contributed by atoms with Crippen LogP contribution in [0.4, 0.5) is 11.6 Å². The average molecular weight is 1130 g/mol. The number of aryl methyl sites for hydroxylation is 1. The number of aliphatic hydroxyl groups is 1. The number of amides is 4. The van der Waals surface area contributed by atoms with Gasteiger partial charge in [-0.1, -0.05) is 98.9 Å². The molecule has 8 N–H and O–H groups in total. The number of aliphatic hydroxyl groups excluding tert-OH is 1. The molecule has 4 amide bonds. The maximum absolute atomic E-state index is 14.0. The van der Waals surface area contributed by atoms with Gasteiger partial charge in [0.15, 0.2) is 5.82 Å². The second kappa shape index (κ2) is 29.4. The summed E-state index contributed by atoms with van der Waals surface area (Å²) in [4.78, 5) is 72.2. The van der Waals surface area contributed by atoms with Gasteiger partial charge in [0, 0.05) is 50.3 Å². The highest BCUT2D eigenvalue weighted by atomic mass is 35.5. The number of β-amino-alcohol motifs (C(OH)–C–C–N with tert-alkyl or cyclic N) is 1. The largest absolute Gasteiger partial charge is 0.391 e. The highest BCUT2D eigenvalue weighted by molar-refractivity contribution is 7.99. The van der Waals surface area contributed by atoms with Crippen LogP contribution in [0.1, 0.15) is 103 Å². The number of ether oxygens (including phenoxy) is 3. The topological polar surface area (TPSA) is 249 Å². The second-order valence-electron chi connectivity index (χ2n) is 20.6. The van der Waals surface area contributed by atoms with Crippen LogP contribution < -0.4 is 32.3 Å². The minimum Gasteiger partial charge on any atom is -0.391 e. The standard InChI is InChI=1S/C54H76Cl2N10O8S2/c1-35(37-13-15-38(16-14-37)47-36(2)61-34-75-47)62-50(70)41-30-39(67)32-66(41)52(71)48(53(3,4)5)64-45(69)17-24-72-26-28-74-29-27-73-25-21-59-44(68)12-7-6-8-18-54(33-57)19-22-65(23-20-54)43-31-60-51(49(58)63-43)76-42-11-9-10-40(55)46(42)56/h9-11,13-16,31,34-35,39,41,48,67H,6-8,12,17-30,32-33,57H2,1-5H3,(H2,58,63)(H,59,68)(H,62,70)(H,64,69)/t35-,39+,41-,48+/m0/s1. The number of rotatable bonds is 28. The second-order valence-corrected chi connectivity index (χ2v) is 23.3. The van der Waals surface area contributed by atoms with E-state index in [2.05, 4.69) is 35.8 Å². The summed E-state index contributed by atoms with van der Waals surface area (Å²) < 4.78 is 16.8. The summed E-state index contributed by atoms with van der Waals surface area (Å²) in [6.07, 6.45) is 7.08. The van der Waals surface area contributed by atoms with Crippen molar-refractivity contribution in [3.63, 3.8) is 0 Å². The first kappa shape index (κ1) is 60.6. The lowest BCUT2D eigenvalue weighted by molar-refractivity contribution is -0.144. The number of piperidine rings is 1. The molecule has 0 spiro atoms. The van der Waals surface area contributed by atoms with Crippen LogP contribution in [0.15, 0.2) is 64.1 Å². The van der Waals surface area contributed by atoms with E-state index in [1.165, 1.54) is 16.7 Å². The van der Waals surface area contributed by atoms with Crippen LogP contribution in [0.2, 0.25) is 10.0 Å². The van der Waals surface area contributed by atoms with Crippen LogP contribution in [0.5, 0.6) is 0 Å². The molecular formula is C54H76Cl2N10O8S2. The molecule has 22 heteroatoms. The van der Waals surface area contributed by atoms with Crippen molar-refractivity contribution in [3.05, 3.63) is 75.5 Å². The Balaban J connectivity index is 0.771. The van der Waals surface area contributed by atoms with Gasteiger partial charge in [-0.2, -0.15) is 0 Å². The Morgan fingerprint density at radius 2 is 1.62 bits per heavy atom. The molecule has 0 unspecified atom stereocenters. The van der Waals surface area contributed by atoms with E-state index in [4.69, 9.17) is 48.9 Å². The highest BCUT2D eigenvalue weighted by Gasteiger charge is 2.45. The predicted molar refractivity (Wildman–Crippen MR) is 299 cm³/mol. The minimum atomic E-state index is -0.942. The summed E-state index contributed by atoms with van der Waals surface area (Å²) in [5.41, 5.74) is 16.7. The zero-order valence-corrected chi connectivity index (χ0v) is 47.6. The summed E-state index contributed by atoms with van der Waals surface area (Å²) in [6, 6.07) is 11.2. The van der Waals surface area contributed by atoms with E-state index >= 15 is 0 Å². The molecule has 0 aliphatic carbocycles. The number of hydrogen-bond donors (Lipinski definition) is 6. The predicted octanol–water partition coefficient (Wildman–Crippen LogP) is 7.37. The van der Waals surface area contributed by atoms with Gasteiger partial charge >= 0.3 is 0 Å². The molecule has 4 aromatic rings. The molecule has 2 aromatic heterocycles. The third kappa shape index (κ3) is 17.7. The molecule has 18 nitrogen and oxygen atoms in total. The Kier molecular flexibility index (Phi) is 23.4. The van der Waals surface area contributed by atoms with Gasteiger partial charge in [-0.25, -0.2) is 15.0 Å². The Labute approximate surface area is 465 Å². The number of nitrogens with two attached hydrogens (primary N) is 2. The number of benzene rings is 2. The molecule has 2 aliphatic heterocycles. The number of aromatic nitrogens is 3. The van der Waals surface area contributed by atoms with Crippen molar-refractivity contribution in [1.82, 2.24) is 35.8 Å². The first-order chi connectivity index (χ1) is 36.4. The summed E-state index contributed by atoms with van der Waals surface area (Å²) in [5.74, 6) is -0.0863. The zero-order valence-electron chi connectivity index (χ0n) is 44.4. The van der Waals surface area contributed by atoms with E-state index in [0.717, 1.165) is 84.0 Å². The SMILES string of the molecule is Cc1ncsc1-c1ccc([C@H](C)NC(=O)[C@@H]2C[C@@H](O)CN2C(=O)[C@@H](NC(=O)CCOCCOCCOCCNC(=O)CCCCCC2(CN)CCN(c3cnc(Sc4cccc(Cl)c4Cl)c(N)n3)CC2)C(C)(C)C)cc1. The smallest absolute Gasteiger partial charge is 0.246 e. The number of carbonyl (C=O) groups excluding carboxylic acids is 4. The fourth-order valence-electron chi connectivity index (χ4n) is 9.32. The summed E-state index contributed by atoms with van der Waals surface area (Å²) in [7, 11) is 0. The number of anilines is 2. The Bertz CT molecular complexity index is 2530. The Hall–Kier alpha value is -4.64. The lowest BCUT2D eigenvalue weighted by Gasteiger charge is -2.42. The molecule has 0 saturated carbocycles. The van der Waals surface area contributed by atoms with Crippen LogP contribution in [0, 0.1) is 17.8 Å². The Morgan fingerprint density at radius 3 is 2.28 bits per heavy atom. The van der Waals surface area contributed by atoms with E-state index in [0.29, 0.717) is 66.8 Å². The molecule has 4 atom stereocenters. The van der Waals surface area contributed by atoms with E-state index in [1.54, 1.807) is 23.6 Å². The zero-order chi connectivity index (χ0) is 54.8. The van der Waals surface area contributed by atoms with Crippen molar-refractivity contribution in [2.75, 3.05) is 83.0 Å². The van der Waals surface area contributed by atoms with Gasteiger partial charge in [-0.15, -0.1) is 11.3 Å². The van der Waals surface area contributed by atoms with Gasteiger partial charge in [0.25, 0.3) is 0 Å². The molecule has 2 aliphatic rings. The number of nitrogens with one attached hydrogen (secondary N) is 3. The third-order valence-electron chi connectivity index (χ3n) is 13.9. The molecule has 0 bridgehead atoms. The van der Waals surface area contributed by atoms with Crippen LogP contribution >= 0.6 is 46.3 Å². The van der Waals surface area contributed by atoms with Crippen LogP contribution in [-0.2, 0) is 33.4 Å². The number of halogens is 2. The summed E-state index contributed by atoms with van der Waals surface area (Å²) in [6.45, 7) is 13.7. The molecule has 4 heterocycles. The summed E-state index contributed by atoms with van der Waals surface area (Å²) in [5, 5.41) is 20.9. The molecule has 2 fully saturated rings. The van der Waals surface area contributed by atoms with Gasteiger partial charge in [-0.3, -0.25) is 19.2 Å². The molecule has 6 rings (SSSR count). The fraction of sp³-hybridized carbons (Fsp3) is 0.574. The van der Waals surface area contributed by atoms with E-state index < -0.39 is 29.5 Å². The quantitative estimate of drug-likeness (QED) is 0.0304. The van der Waals surface area contributed by atoms with Crippen molar-refractivity contribution in [1.29, 1.82) is 0 Å². The minimum absolute atomic E-state index is 0.000192. The maximum Gasteiger partial charge on any atom is 0.246 e. The van der Waals surface area contributed by atoms with Crippen molar-refractivity contribution in [2.24, 2.45) is 16.6 Å². The van der Waals surface area contributed by atoms with Crippen LogP contribution in [0.3, 0.4) is 0 Å². The fourth-order valence-corrected chi connectivity index (χ4v) is 11.4. The van der Waals surface area contributed by atoms with Crippen LogP contribution in [0.25, 0.3) is 10.4 Å². The number of nitrogen functional groups attached to an aromatic ring is 1. The van der Waals surface area contributed by atoms with Gasteiger partial charge in [0.2, 0.25) is 23.6 Å². The van der Waals surface area contributed by atoms with Crippen LogP contribution in [-0.4, -0.2) is 139 Å². The first-order valence-electron chi connectivity index (χ1n) is 26.2. The van der Waals surface area contributed by atoms with Gasteiger partial charge in [0.1, 0.15) is 22.9 Å². The van der Waals surface area contributed by atoms with E-state index in [1.807, 2.05) is 76.5 Å². The number of carbonyl (C=O) groups is 4.